The van der Waals surface area contributed by atoms with Crippen LogP contribution in [0.1, 0.15) is 0 Å². The zero-order valence-corrected chi connectivity index (χ0v) is 11.8. The molecule has 0 aliphatic rings. The molecule has 1 rings (SSSR count). The summed E-state index contributed by atoms with van der Waals surface area (Å²) < 4.78 is 10.6. The van der Waals surface area contributed by atoms with E-state index >= 15 is 0 Å². The van der Waals surface area contributed by atoms with E-state index in [0.717, 1.165) is 3.57 Å². The van der Waals surface area contributed by atoms with Crippen molar-refractivity contribution in [2.24, 2.45) is 0 Å². The van der Waals surface area contributed by atoms with E-state index in [4.69, 9.17) is 16.3 Å². The molecule has 0 aliphatic carbocycles. The fourth-order valence-corrected chi connectivity index (χ4v) is 1.70. The molecule has 0 aliphatic heterocycles. The molecule has 0 bridgehead atoms. The van der Waals surface area contributed by atoms with E-state index < -0.39 is 0 Å². The van der Waals surface area contributed by atoms with E-state index in [9.17, 15) is 4.79 Å². The molecule has 0 spiro atoms. The third-order valence-electron chi connectivity index (χ3n) is 1.89. The summed E-state index contributed by atoms with van der Waals surface area (Å²) >= 11 is 8.05. The summed E-state index contributed by atoms with van der Waals surface area (Å²) in [6.45, 7) is 0.0879. The lowest BCUT2D eigenvalue weighted by Gasteiger charge is -2.11. The van der Waals surface area contributed by atoms with Crippen LogP contribution in [0.25, 0.3) is 0 Å². The average Bonchev–Trinajstić information content (AvgIpc) is 2.29. The van der Waals surface area contributed by atoms with Crippen LogP contribution >= 0.6 is 34.2 Å². The van der Waals surface area contributed by atoms with E-state index in [2.05, 4.69) is 32.6 Å². The van der Waals surface area contributed by atoms with E-state index in [1.807, 2.05) is 6.07 Å². The van der Waals surface area contributed by atoms with Crippen LogP contribution in [-0.4, -0.2) is 26.7 Å². The Kier molecular flexibility index (Phi) is 5.14. The zero-order chi connectivity index (χ0) is 12.1. The van der Waals surface area contributed by atoms with Gasteiger partial charge in [0, 0.05) is 9.64 Å². The van der Waals surface area contributed by atoms with Crippen LogP contribution in [0.4, 0.5) is 5.69 Å². The highest BCUT2D eigenvalue weighted by Crippen LogP contribution is 2.31. The summed E-state index contributed by atoms with van der Waals surface area (Å²) in [6, 6.07) is 3.51. The minimum Gasteiger partial charge on any atom is -0.495 e. The first-order valence-corrected chi connectivity index (χ1v) is 5.88. The van der Waals surface area contributed by atoms with Gasteiger partial charge in [-0.15, -0.1) is 0 Å². The van der Waals surface area contributed by atoms with Crippen LogP contribution in [0.15, 0.2) is 12.1 Å². The van der Waals surface area contributed by atoms with Crippen molar-refractivity contribution in [2.45, 2.75) is 0 Å². The maximum absolute atomic E-state index is 11.0. The number of hydrogen-bond donors (Lipinski definition) is 1. The quantitative estimate of drug-likeness (QED) is 0.666. The first-order valence-electron chi connectivity index (χ1n) is 4.42. The minimum absolute atomic E-state index is 0.0879. The lowest BCUT2D eigenvalue weighted by molar-refractivity contribution is -0.138. The largest absolute Gasteiger partial charge is 0.495 e. The van der Waals surface area contributed by atoms with Crippen molar-refractivity contribution in [2.75, 3.05) is 26.1 Å². The number of carbonyl (C=O) groups excluding carboxylic acids is 1. The van der Waals surface area contributed by atoms with Gasteiger partial charge >= 0.3 is 5.97 Å². The Morgan fingerprint density at radius 2 is 2.19 bits per heavy atom. The molecular weight excluding hydrogens is 344 g/mol. The topological polar surface area (TPSA) is 47.6 Å². The number of halogens is 2. The highest BCUT2D eigenvalue weighted by molar-refractivity contribution is 14.1. The number of ether oxygens (including phenoxy) is 2. The first kappa shape index (κ1) is 13.4. The number of benzene rings is 1. The Hall–Kier alpha value is -0.690. The van der Waals surface area contributed by atoms with Crippen molar-refractivity contribution in [3.63, 3.8) is 0 Å². The van der Waals surface area contributed by atoms with Crippen molar-refractivity contribution in [1.82, 2.24) is 0 Å². The Morgan fingerprint density at radius 1 is 1.50 bits per heavy atom. The number of nitrogens with one attached hydrogen (secondary N) is 1. The lowest BCUT2D eigenvalue weighted by atomic mass is 10.3. The van der Waals surface area contributed by atoms with E-state index in [1.54, 1.807) is 13.2 Å². The molecule has 0 atom stereocenters. The van der Waals surface area contributed by atoms with Crippen molar-refractivity contribution in [3.8, 4) is 5.75 Å². The molecular formula is C10H11ClINO3. The second kappa shape index (κ2) is 6.15. The van der Waals surface area contributed by atoms with Gasteiger partial charge in [-0.25, -0.2) is 0 Å². The monoisotopic (exact) mass is 355 g/mol. The summed E-state index contributed by atoms with van der Waals surface area (Å²) in [5.41, 5.74) is 0.710. The highest BCUT2D eigenvalue weighted by atomic mass is 127. The molecule has 1 aromatic rings. The van der Waals surface area contributed by atoms with Gasteiger partial charge in [0.05, 0.1) is 24.9 Å². The predicted molar refractivity (Wildman–Crippen MR) is 71.2 cm³/mol. The molecule has 16 heavy (non-hydrogen) atoms. The molecule has 4 nitrogen and oxygen atoms in total. The summed E-state index contributed by atoms with van der Waals surface area (Å²) in [6.07, 6.45) is 0. The molecule has 0 amide bonds. The molecule has 0 aromatic heterocycles. The van der Waals surface area contributed by atoms with Crippen LogP contribution in [0.5, 0.6) is 5.75 Å². The molecule has 0 fully saturated rings. The lowest BCUT2D eigenvalue weighted by Crippen LogP contribution is -2.15. The van der Waals surface area contributed by atoms with Gasteiger partial charge in [-0.2, -0.15) is 0 Å². The number of hydrogen-bond acceptors (Lipinski definition) is 4. The predicted octanol–water partition coefficient (Wildman–Crippen LogP) is 2.54. The Bertz CT molecular complexity index is 398. The molecule has 1 aromatic carbocycles. The van der Waals surface area contributed by atoms with Gasteiger partial charge in [0.25, 0.3) is 0 Å². The van der Waals surface area contributed by atoms with Gasteiger partial charge in [0.1, 0.15) is 12.3 Å². The highest BCUT2D eigenvalue weighted by Gasteiger charge is 2.09. The third-order valence-corrected chi connectivity index (χ3v) is 3.42. The van der Waals surface area contributed by atoms with Crippen LogP contribution in [0.3, 0.4) is 0 Å². The van der Waals surface area contributed by atoms with Crippen LogP contribution in [0.2, 0.25) is 5.02 Å². The van der Waals surface area contributed by atoms with Crippen LogP contribution < -0.4 is 10.1 Å². The molecule has 88 valence electrons. The molecule has 0 heterocycles. The van der Waals surface area contributed by atoms with Gasteiger partial charge in [-0.1, -0.05) is 11.6 Å². The molecule has 6 heteroatoms. The van der Waals surface area contributed by atoms with Crippen molar-refractivity contribution >= 4 is 45.8 Å². The molecule has 0 saturated carbocycles. The minimum atomic E-state index is -0.341. The summed E-state index contributed by atoms with van der Waals surface area (Å²) in [7, 11) is 2.88. The Morgan fingerprint density at radius 3 is 2.75 bits per heavy atom. The Labute approximate surface area is 112 Å². The van der Waals surface area contributed by atoms with Crippen LogP contribution in [0, 0.1) is 3.57 Å². The molecule has 0 unspecified atom stereocenters. The smallest absolute Gasteiger partial charge is 0.325 e. The van der Waals surface area contributed by atoms with Gasteiger partial charge < -0.3 is 14.8 Å². The standard InChI is InChI=1S/C10H11ClINO3/c1-15-9-3-6(11)7(12)4-8(9)13-5-10(14)16-2/h3-4,13H,5H2,1-2H3. The fourth-order valence-electron chi connectivity index (χ4n) is 1.08. The SMILES string of the molecule is COC(=O)CNc1cc(I)c(Cl)cc1OC. The first-order chi connectivity index (χ1) is 7.58. The summed E-state index contributed by atoms with van der Waals surface area (Å²) in [5.74, 6) is 0.251. The average molecular weight is 356 g/mol. The van der Waals surface area contributed by atoms with Gasteiger partial charge in [0.2, 0.25) is 0 Å². The van der Waals surface area contributed by atoms with Crippen molar-refractivity contribution in [3.05, 3.63) is 20.7 Å². The number of carbonyl (C=O) groups is 1. The Balaban J connectivity index is 2.86. The van der Waals surface area contributed by atoms with Gasteiger partial charge in [-0.05, 0) is 28.7 Å². The number of esters is 1. The molecule has 0 saturated heterocycles. The van der Waals surface area contributed by atoms with Gasteiger partial charge in [-0.3, -0.25) is 4.79 Å². The summed E-state index contributed by atoms with van der Waals surface area (Å²) in [4.78, 5) is 11.0. The number of anilines is 1. The zero-order valence-electron chi connectivity index (χ0n) is 8.84. The van der Waals surface area contributed by atoms with Gasteiger partial charge in [0.15, 0.2) is 0 Å². The van der Waals surface area contributed by atoms with Crippen molar-refractivity contribution in [1.29, 1.82) is 0 Å². The second-order valence-electron chi connectivity index (χ2n) is 2.90. The van der Waals surface area contributed by atoms with E-state index in [-0.39, 0.29) is 12.5 Å². The molecule has 0 radical (unpaired) electrons. The maximum Gasteiger partial charge on any atom is 0.325 e. The fraction of sp³-hybridized carbons (Fsp3) is 0.300. The third kappa shape index (κ3) is 3.41. The number of methoxy groups -OCH3 is 2. The number of rotatable bonds is 4. The summed E-state index contributed by atoms with van der Waals surface area (Å²) in [5, 5.41) is 3.53. The van der Waals surface area contributed by atoms with E-state index in [1.165, 1.54) is 7.11 Å². The maximum atomic E-state index is 11.0. The van der Waals surface area contributed by atoms with Crippen LogP contribution in [-0.2, 0) is 9.53 Å². The second-order valence-corrected chi connectivity index (χ2v) is 4.47. The molecule has 1 N–H and O–H groups in total. The van der Waals surface area contributed by atoms with E-state index in [0.29, 0.717) is 16.5 Å². The normalized spacial score (nSPS) is 9.75. The van der Waals surface area contributed by atoms with Crippen molar-refractivity contribution < 1.29 is 14.3 Å².